The minimum atomic E-state index is -0.720. The van der Waals surface area contributed by atoms with Crippen LogP contribution >= 0.6 is 0 Å². The Balaban J connectivity index is 2.34. The Bertz CT molecular complexity index is 799. The Morgan fingerprint density at radius 2 is 2.00 bits per heavy atom. The molecule has 5 heteroatoms. The molecule has 1 atom stereocenters. The van der Waals surface area contributed by atoms with Crippen LogP contribution in [0.1, 0.15) is 44.0 Å². The minimum absolute atomic E-state index is 0.269. The fourth-order valence-corrected chi connectivity index (χ4v) is 2.97. The van der Waals surface area contributed by atoms with Gasteiger partial charge < -0.3 is 14.6 Å². The number of ether oxygens (including phenoxy) is 1. The van der Waals surface area contributed by atoms with Crippen molar-refractivity contribution in [2.24, 2.45) is 5.41 Å². The maximum atomic E-state index is 12.9. The van der Waals surface area contributed by atoms with Crippen molar-refractivity contribution in [2.45, 2.75) is 46.2 Å². The van der Waals surface area contributed by atoms with E-state index in [1.165, 1.54) is 7.11 Å². The molecule has 1 aromatic carbocycles. The molecule has 0 radical (unpaired) electrons. The van der Waals surface area contributed by atoms with Crippen LogP contribution in [-0.2, 0) is 16.1 Å². The summed E-state index contributed by atoms with van der Waals surface area (Å²) in [6.45, 7) is 10.2. The second-order valence-electron chi connectivity index (χ2n) is 7.48. The molecule has 0 saturated carbocycles. The number of rotatable bonds is 7. The lowest BCUT2D eigenvalue weighted by molar-refractivity contribution is -0.145. The predicted octanol–water partition coefficient (Wildman–Crippen LogP) is 3.93. The van der Waals surface area contributed by atoms with Crippen LogP contribution in [0.5, 0.6) is 0 Å². The zero-order chi connectivity index (χ0) is 19.3. The number of benzene rings is 1. The molecule has 1 heterocycles. The number of nitrogens with one attached hydrogen (secondary N) is 1. The normalized spacial score (nSPS) is 12.6. The van der Waals surface area contributed by atoms with Crippen LogP contribution in [0.15, 0.2) is 43.1 Å². The quantitative estimate of drug-likeness (QED) is 0.465. The molecule has 1 unspecified atom stereocenters. The Morgan fingerprint density at radius 3 is 2.62 bits per heavy atom. The number of carbonyl (C=O) groups excluding carboxylic acids is 2. The topological polar surface area (TPSA) is 60.3 Å². The molecule has 5 nitrogen and oxygen atoms in total. The van der Waals surface area contributed by atoms with Gasteiger partial charge in [0.05, 0.1) is 12.7 Å². The summed E-state index contributed by atoms with van der Waals surface area (Å²) in [5.41, 5.74) is 1.12. The highest BCUT2D eigenvalue weighted by Crippen LogP contribution is 2.24. The maximum absolute atomic E-state index is 12.9. The predicted molar refractivity (Wildman–Crippen MR) is 104 cm³/mol. The molecule has 2 rings (SSSR count). The van der Waals surface area contributed by atoms with Crippen LogP contribution in [0.25, 0.3) is 10.9 Å². The van der Waals surface area contributed by atoms with E-state index in [2.05, 4.69) is 16.5 Å². The van der Waals surface area contributed by atoms with Gasteiger partial charge in [0.2, 0.25) is 0 Å². The van der Waals surface area contributed by atoms with Gasteiger partial charge in [-0.25, -0.2) is 4.79 Å². The number of fused-ring (bicyclic) bond motifs is 1. The van der Waals surface area contributed by atoms with E-state index >= 15 is 0 Å². The van der Waals surface area contributed by atoms with Crippen molar-refractivity contribution < 1.29 is 14.3 Å². The van der Waals surface area contributed by atoms with E-state index in [0.717, 1.165) is 30.3 Å². The molecule has 1 aromatic heterocycles. The summed E-state index contributed by atoms with van der Waals surface area (Å²) in [4.78, 5) is 25.0. The standard InChI is InChI=1S/C21H28N2O3/c1-6-7-10-13-23-14-16(15-11-8-9-12-17(15)23)19(24)22-18(20(25)26-5)21(2,3)4/h6,8-9,11-12,14,18H,1,7,10,13H2,2-5H3,(H,22,24). The summed E-state index contributed by atoms with van der Waals surface area (Å²) in [5, 5.41) is 3.73. The van der Waals surface area contributed by atoms with Gasteiger partial charge in [-0.2, -0.15) is 0 Å². The minimum Gasteiger partial charge on any atom is -0.467 e. The third-order valence-electron chi connectivity index (χ3n) is 4.42. The Morgan fingerprint density at radius 1 is 1.31 bits per heavy atom. The first-order valence-electron chi connectivity index (χ1n) is 8.87. The lowest BCUT2D eigenvalue weighted by Gasteiger charge is -2.28. The van der Waals surface area contributed by atoms with E-state index in [4.69, 9.17) is 4.74 Å². The van der Waals surface area contributed by atoms with E-state index in [9.17, 15) is 9.59 Å². The van der Waals surface area contributed by atoms with Gasteiger partial charge in [0.1, 0.15) is 6.04 Å². The third kappa shape index (κ3) is 4.34. The number of para-hydroxylation sites is 1. The Hall–Kier alpha value is -2.56. The summed E-state index contributed by atoms with van der Waals surface area (Å²) in [5.74, 6) is -0.713. The zero-order valence-corrected chi connectivity index (χ0v) is 16.0. The molecule has 26 heavy (non-hydrogen) atoms. The van der Waals surface area contributed by atoms with Gasteiger partial charge in [-0.15, -0.1) is 6.58 Å². The van der Waals surface area contributed by atoms with Gasteiger partial charge >= 0.3 is 5.97 Å². The maximum Gasteiger partial charge on any atom is 0.328 e. The van der Waals surface area contributed by atoms with Crippen LogP contribution in [-0.4, -0.2) is 29.6 Å². The van der Waals surface area contributed by atoms with Crippen molar-refractivity contribution in [2.75, 3.05) is 7.11 Å². The number of methoxy groups -OCH3 is 1. The van der Waals surface area contributed by atoms with Crippen molar-refractivity contribution >= 4 is 22.8 Å². The number of allylic oxidation sites excluding steroid dienone is 1. The summed E-state index contributed by atoms with van der Waals surface area (Å²) >= 11 is 0. The van der Waals surface area contributed by atoms with Crippen LogP contribution < -0.4 is 5.32 Å². The van der Waals surface area contributed by atoms with Crippen LogP contribution in [0, 0.1) is 5.41 Å². The number of carbonyl (C=O) groups is 2. The van der Waals surface area contributed by atoms with Crippen LogP contribution in [0.2, 0.25) is 0 Å². The first-order chi connectivity index (χ1) is 12.3. The molecule has 1 amide bonds. The molecule has 0 aliphatic carbocycles. The van der Waals surface area contributed by atoms with E-state index in [0.29, 0.717) is 5.56 Å². The average Bonchev–Trinajstić information content (AvgIpc) is 2.97. The molecule has 0 aliphatic rings. The number of aryl methyl sites for hydroxylation is 1. The molecule has 1 N–H and O–H groups in total. The van der Waals surface area contributed by atoms with Gasteiger partial charge in [0.25, 0.3) is 5.91 Å². The largest absolute Gasteiger partial charge is 0.467 e. The highest BCUT2D eigenvalue weighted by molar-refractivity contribution is 6.08. The lowest BCUT2D eigenvalue weighted by atomic mass is 9.86. The van der Waals surface area contributed by atoms with Crippen molar-refractivity contribution in [3.8, 4) is 0 Å². The number of unbranched alkanes of at least 4 members (excludes halogenated alkanes) is 1. The second-order valence-corrected chi connectivity index (χ2v) is 7.48. The van der Waals surface area contributed by atoms with E-state index in [1.54, 1.807) is 0 Å². The smallest absolute Gasteiger partial charge is 0.328 e. The van der Waals surface area contributed by atoms with Crippen LogP contribution in [0.4, 0.5) is 0 Å². The fourth-order valence-electron chi connectivity index (χ4n) is 2.97. The van der Waals surface area contributed by atoms with Crippen LogP contribution in [0.3, 0.4) is 0 Å². The van der Waals surface area contributed by atoms with Gasteiger partial charge in [-0.1, -0.05) is 45.0 Å². The molecule has 0 saturated heterocycles. The first kappa shape index (κ1) is 19.8. The van der Waals surface area contributed by atoms with Crippen molar-refractivity contribution in [3.63, 3.8) is 0 Å². The number of aromatic nitrogens is 1. The van der Waals surface area contributed by atoms with Gasteiger partial charge in [0.15, 0.2) is 0 Å². The fraction of sp³-hybridized carbons (Fsp3) is 0.429. The monoisotopic (exact) mass is 356 g/mol. The number of esters is 1. The van der Waals surface area contributed by atoms with E-state index in [-0.39, 0.29) is 5.91 Å². The first-order valence-corrected chi connectivity index (χ1v) is 8.87. The van der Waals surface area contributed by atoms with E-state index in [1.807, 2.05) is 57.3 Å². The van der Waals surface area contributed by atoms with Gasteiger partial charge in [-0.3, -0.25) is 4.79 Å². The van der Waals surface area contributed by atoms with Gasteiger partial charge in [0, 0.05) is 23.6 Å². The van der Waals surface area contributed by atoms with Crippen molar-refractivity contribution in [3.05, 3.63) is 48.7 Å². The van der Waals surface area contributed by atoms with E-state index < -0.39 is 17.4 Å². The zero-order valence-electron chi connectivity index (χ0n) is 16.0. The SMILES string of the molecule is C=CCCCn1cc(C(=O)NC(C(=O)OC)C(C)(C)C)c2ccccc21. The Kier molecular flexibility index (Phi) is 6.24. The number of nitrogens with zero attached hydrogens (tertiary/aromatic N) is 1. The number of amides is 1. The summed E-state index contributed by atoms with van der Waals surface area (Å²) in [6.07, 6.45) is 5.63. The molecular weight excluding hydrogens is 328 g/mol. The lowest BCUT2D eigenvalue weighted by Crippen LogP contribution is -2.49. The highest BCUT2D eigenvalue weighted by Gasteiger charge is 2.34. The molecule has 0 aliphatic heterocycles. The molecular formula is C21H28N2O3. The average molecular weight is 356 g/mol. The molecule has 0 fully saturated rings. The summed E-state index contributed by atoms with van der Waals surface area (Å²) in [6, 6.07) is 7.08. The second kappa shape index (κ2) is 8.21. The molecule has 140 valence electrons. The summed E-state index contributed by atoms with van der Waals surface area (Å²) in [7, 11) is 1.33. The molecule has 0 bridgehead atoms. The van der Waals surface area contributed by atoms with Gasteiger partial charge in [-0.05, 0) is 24.3 Å². The molecule has 0 spiro atoms. The number of hydrogen-bond acceptors (Lipinski definition) is 3. The number of hydrogen-bond donors (Lipinski definition) is 1. The highest BCUT2D eigenvalue weighted by atomic mass is 16.5. The van der Waals surface area contributed by atoms with Crippen molar-refractivity contribution in [1.29, 1.82) is 0 Å². The third-order valence-corrected chi connectivity index (χ3v) is 4.42. The Labute approximate surface area is 155 Å². The van der Waals surface area contributed by atoms with Crippen molar-refractivity contribution in [1.82, 2.24) is 9.88 Å². The summed E-state index contributed by atoms with van der Waals surface area (Å²) < 4.78 is 6.95. The molecule has 2 aromatic rings.